The van der Waals surface area contributed by atoms with E-state index >= 15 is 0 Å². The molecule has 7 nitrogen and oxygen atoms in total. The molecule has 0 fully saturated rings. The van der Waals surface area contributed by atoms with E-state index in [1.807, 2.05) is 30.1 Å². The van der Waals surface area contributed by atoms with Gasteiger partial charge in [-0.15, -0.1) is 0 Å². The third-order valence-corrected chi connectivity index (χ3v) is 5.82. The van der Waals surface area contributed by atoms with Gasteiger partial charge in [-0.2, -0.15) is 9.97 Å². The predicted octanol–water partition coefficient (Wildman–Crippen LogP) is 3.84. The van der Waals surface area contributed by atoms with Gasteiger partial charge in [0.15, 0.2) is 21.5 Å². The second-order valence-electron chi connectivity index (χ2n) is 6.57. The van der Waals surface area contributed by atoms with Crippen LogP contribution in [-0.4, -0.2) is 48.2 Å². The highest BCUT2D eigenvalue weighted by molar-refractivity contribution is 7.90. The van der Waals surface area contributed by atoms with Crippen molar-refractivity contribution in [3.8, 4) is 11.4 Å². The van der Waals surface area contributed by atoms with Crippen LogP contribution < -0.4 is 4.90 Å². The fourth-order valence-corrected chi connectivity index (χ4v) is 3.45. The van der Waals surface area contributed by atoms with Crippen LogP contribution in [0.1, 0.15) is 11.5 Å². The van der Waals surface area contributed by atoms with Crippen LogP contribution in [-0.2, 0) is 20.1 Å². The van der Waals surface area contributed by atoms with E-state index in [0.29, 0.717) is 24.5 Å². The van der Waals surface area contributed by atoms with E-state index in [2.05, 4.69) is 19.9 Å². The van der Waals surface area contributed by atoms with Gasteiger partial charge in [0.05, 0.1) is 4.90 Å². The van der Waals surface area contributed by atoms with Crippen molar-refractivity contribution in [2.24, 2.45) is 0 Å². The average molecular weight is 487 g/mol. The normalized spacial score (nSPS) is 12.0. The Kier molecular flexibility index (Phi) is 6.81. The smallest absolute Gasteiger partial charge is 0.250 e. The summed E-state index contributed by atoms with van der Waals surface area (Å²) >= 11 is 18.1. The quantitative estimate of drug-likeness (QED) is 0.489. The zero-order valence-corrected chi connectivity index (χ0v) is 19.2. The Hall–Kier alpha value is -2.00. The lowest BCUT2D eigenvalue weighted by Gasteiger charge is -2.19. The van der Waals surface area contributed by atoms with Gasteiger partial charge in [-0.05, 0) is 36.4 Å². The number of hydrogen-bond acceptors (Lipinski definition) is 7. The topological polar surface area (TPSA) is 88.9 Å². The van der Waals surface area contributed by atoms with Crippen LogP contribution in [0.25, 0.3) is 11.4 Å². The van der Waals surface area contributed by atoms with Gasteiger partial charge in [0.25, 0.3) is 0 Å². The Bertz CT molecular complexity index is 1120. The highest BCUT2D eigenvalue weighted by Crippen LogP contribution is 2.37. The van der Waals surface area contributed by atoms with Crippen molar-refractivity contribution >= 4 is 50.6 Å². The molecule has 3 aromatic rings. The number of hydrogen-bond donors (Lipinski definition) is 0. The monoisotopic (exact) mass is 485 g/mol. The number of anilines is 1. The van der Waals surface area contributed by atoms with Gasteiger partial charge in [-0.25, -0.2) is 13.4 Å². The van der Waals surface area contributed by atoms with Gasteiger partial charge in [0.1, 0.15) is 0 Å². The number of aromatic nitrogens is 4. The number of likely N-dealkylation sites (N-methyl/N-ethyl adjacent to an activating group) is 1. The van der Waals surface area contributed by atoms with E-state index in [4.69, 9.17) is 34.8 Å². The molecule has 0 saturated carbocycles. The van der Waals surface area contributed by atoms with Crippen molar-refractivity contribution in [1.82, 2.24) is 19.9 Å². The minimum Gasteiger partial charge on any atom is -0.343 e. The highest BCUT2D eigenvalue weighted by atomic mass is 35.6. The molecule has 3 rings (SSSR count). The van der Waals surface area contributed by atoms with Crippen molar-refractivity contribution in [1.29, 1.82) is 0 Å². The molecule has 0 bridgehead atoms. The fourth-order valence-electron chi connectivity index (χ4n) is 2.57. The Labute approximate surface area is 190 Å². The molecular formula is C19H18Cl3N5O2S. The van der Waals surface area contributed by atoms with Crippen LogP contribution in [0.15, 0.2) is 53.6 Å². The summed E-state index contributed by atoms with van der Waals surface area (Å²) in [5, 5.41) is 0. The van der Waals surface area contributed by atoms with Crippen molar-refractivity contribution < 1.29 is 8.42 Å². The SMILES string of the molecule is CN(CCc1ccccn1)c1nc(-c2ccc(S(C)(=O)=O)cc2)nc(C(Cl)(Cl)Cl)n1. The van der Waals surface area contributed by atoms with E-state index < -0.39 is 13.6 Å². The molecule has 2 aromatic heterocycles. The van der Waals surface area contributed by atoms with Gasteiger partial charge in [-0.1, -0.05) is 40.9 Å². The maximum Gasteiger partial charge on any atom is 0.250 e. The third-order valence-electron chi connectivity index (χ3n) is 4.19. The molecular weight excluding hydrogens is 469 g/mol. The lowest BCUT2D eigenvalue weighted by atomic mass is 10.2. The molecule has 1 aromatic carbocycles. The Morgan fingerprint density at radius 3 is 2.27 bits per heavy atom. The lowest BCUT2D eigenvalue weighted by molar-refractivity contribution is 0.602. The highest BCUT2D eigenvalue weighted by Gasteiger charge is 2.29. The molecule has 11 heteroatoms. The van der Waals surface area contributed by atoms with E-state index in [-0.39, 0.29) is 16.5 Å². The van der Waals surface area contributed by atoms with Crippen LogP contribution in [0, 0.1) is 0 Å². The predicted molar refractivity (Wildman–Crippen MR) is 119 cm³/mol. The fraction of sp³-hybridized carbons (Fsp3) is 0.263. The van der Waals surface area contributed by atoms with Crippen LogP contribution in [0.3, 0.4) is 0 Å². The average Bonchev–Trinajstić information content (AvgIpc) is 2.71. The van der Waals surface area contributed by atoms with Crippen LogP contribution in [0.4, 0.5) is 5.95 Å². The van der Waals surface area contributed by atoms with Gasteiger partial charge in [0.2, 0.25) is 9.74 Å². The zero-order valence-electron chi connectivity index (χ0n) is 16.1. The number of nitrogens with zero attached hydrogens (tertiary/aromatic N) is 5. The first-order valence-corrected chi connectivity index (χ1v) is 11.8. The number of alkyl halides is 3. The summed E-state index contributed by atoms with van der Waals surface area (Å²) in [5.41, 5.74) is 1.50. The van der Waals surface area contributed by atoms with Gasteiger partial charge in [0, 0.05) is 43.7 Å². The standard InChI is InChI=1S/C19H18Cl3N5O2S/c1-27(12-10-14-5-3-4-11-23-14)18-25-16(24-17(26-18)19(20,21)22)13-6-8-15(9-7-13)30(2,28)29/h3-9,11H,10,12H2,1-2H3. The molecule has 0 saturated heterocycles. The van der Waals surface area contributed by atoms with Crippen LogP contribution in [0.5, 0.6) is 0 Å². The largest absolute Gasteiger partial charge is 0.343 e. The molecule has 0 spiro atoms. The summed E-state index contributed by atoms with van der Waals surface area (Å²) in [5.74, 6) is 0.569. The van der Waals surface area contributed by atoms with Gasteiger partial charge in [-0.3, -0.25) is 4.98 Å². The van der Waals surface area contributed by atoms with E-state index in [0.717, 1.165) is 11.9 Å². The van der Waals surface area contributed by atoms with E-state index in [9.17, 15) is 8.42 Å². The Balaban J connectivity index is 1.94. The first-order chi connectivity index (χ1) is 14.0. The molecule has 0 aliphatic carbocycles. The second-order valence-corrected chi connectivity index (χ2v) is 10.9. The second kappa shape index (κ2) is 9.01. The summed E-state index contributed by atoms with van der Waals surface area (Å²) in [6.07, 6.45) is 3.54. The number of pyridine rings is 1. The van der Waals surface area contributed by atoms with Gasteiger partial charge >= 0.3 is 0 Å². The minimum absolute atomic E-state index is 0.0237. The summed E-state index contributed by atoms with van der Waals surface area (Å²) in [7, 11) is -1.50. The van der Waals surface area contributed by atoms with E-state index in [1.54, 1.807) is 18.3 Å². The molecule has 0 aliphatic heterocycles. The van der Waals surface area contributed by atoms with Crippen molar-refractivity contribution in [3.63, 3.8) is 0 Å². The molecule has 30 heavy (non-hydrogen) atoms. The first kappa shape index (κ1) is 22.7. The van der Waals surface area contributed by atoms with Crippen molar-refractivity contribution in [2.45, 2.75) is 15.1 Å². The number of benzene rings is 1. The summed E-state index contributed by atoms with van der Waals surface area (Å²) in [6, 6.07) is 11.9. The Morgan fingerprint density at radius 1 is 1.00 bits per heavy atom. The third kappa shape index (κ3) is 5.78. The summed E-state index contributed by atoms with van der Waals surface area (Å²) in [4.78, 5) is 19.3. The van der Waals surface area contributed by atoms with Gasteiger partial charge < -0.3 is 4.90 Å². The van der Waals surface area contributed by atoms with Crippen molar-refractivity contribution in [3.05, 3.63) is 60.2 Å². The minimum atomic E-state index is -3.32. The lowest BCUT2D eigenvalue weighted by Crippen LogP contribution is -2.25. The molecule has 0 radical (unpaired) electrons. The molecule has 0 atom stereocenters. The summed E-state index contributed by atoms with van der Waals surface area (Å²) < 4.78 is 21.5. The molecule has 0 unspecified atom stereocenters. The number of rotatable bonds is 6. The number of halogens is 3. The molecule has 158 valence electrons. The molecule has 2 heterocycles. The first-order valence-electron chi connectivity index (χ1n) is 8.79. The maximum atomic E-state index is 11.7. The van der Waals surface area contributed by atoms with E-state index in [1.165, 1.54) is 12.1 Å². The van der Waals surface area contributed by atoms with Crippen LogP contribution in [0.2, 0.25) is 0 Å². The zero-order chi connectivity index (χ0) is 21.9. The molecule has 0 amide bonds. The molecule has 0 aliphatic rings. The number of sulfone groups is 1. The van der Waals surface area contributed by atoms with Crippen molar-refractivity contribution in [2.75, 3.05) is 24.7 Å². The summed E-state index contributed by atoms with van der Waals surface area (Å²) in [6.45, 7) is 0.576. The maximum absolute atomic E-state index is 11.7. The Morgan fingerprint density at radius 2 is 1.70 bits per heavy atom. The molecule has 0 N–H and O–H groups in total. The van der Waals surface area contributed by atoms with Crippen LogP contribution >= 0.6 is 34.8 Å².